The zero-order valence-corrected chi connectivity index (χ0v) is 30.4. The van der Waals surface area contributed by atoms with Crippen molar-refractivity contribution in [1.82, 2.24) is 5.32 Å². The zero-order valence-electron chi connectivity index (χ0n) is 29.6. The number of hydrogen-bond acceptors (Lipinski definition) is 5. The van der Waals surface area contributed by atoms with Crippen LogP contribution >= 0.6 is 0 Å². The van der Waals surface area contributed by atoms with Crippen LogP contribution in [0.5, 0.6) is 0 Å². The van der Waals surface area contributed by atoms with Gasteiger partial charge in [0.15, 0.2) is 0 Å². The molecule has 0 aliphatic carbocycles. The van der Waals surface area contributed by atoms with Crippen molar-refractivity contribution >= 4 is 16.0 Å². The molecule has 0 fully saturated rings. The molecule has 0 saturated carbocycles. The number of rotatable bonds is 33. The minimum Gasteiger partial charge on any atom is -0.387 e. The summed E-state index contributed by atoms with van der Waals surface area (Å²) >= 11 is 0. The van der Waals surface area contributed by atoms with Crippen LogP contribution in [0.3, 0.4) is 0 Å². The third-order valence-corrected chi connectivity index (χ3v) is 9.19. The number of unbranched alkanes of at least 4 members (excludes halogenated alkanes) is 20. The normalized spacial score (nSPS) is 14.5. The molecule has 0 aromatic heterocycles. The van der Waals surface area contributed by atoms with Gasteiger partial charge in [0, 0.05) is 0 Å². The van der Waals surface area contributed by atoms with E-state index in [0.717, 1.165) is 44.9 Å². The Bertz CT molecular complexity index is 886. The van der Waals surface area contributed by atoms with Crippen LogP contribution in [-0.4, -0.2) is 53.1 Å². The van der Waals surface area contributed by atoms with Crippen LogP contribution < -0.4 is 5.32 Å². The molecule has 3 unspecified atom stereocenters. The molecule has 46 heavy (non-hydrogen) atoms. The van der Waals surface area contributed by atoms with E-state index in [1.807, 2.05) is 0 Å². The van der Waals surface area contributed by atoms with Crippen molar-refractivity contribution in [1.29, 1.82) is 0 Å². The quantitative estimate of drug-likeness (QED) is 0.0313. The predicted molar refractivity (Wildman–Crippen MR) is 195 cm³/mol. The first kappa shape index (κ1) is 44.5. The molecule has 0 rings (SSSR count). The van der Waals surface area contributed by atoms with Gasteiger partial charge in [-0.2, -0.15) is 8.42 Å². The Balaban J connectivity index is 4.19. The van der Waals surface area contributed by atoms with Gasteiger partial charge >= 0.3 is 0 Å². The van der Waals surface area contributed by atoms with Gasteiger partial charge in [-0.05, 0) is 44.9 Å². The van der Waals surface area contributed by atoms with Crippen LogP contribution in [0.2, 0.25) is 0 Å². The number of allylic oxidation sites excluding steroid dienone is 5. The monoisotopic (exact) mass is 670 g/mol. The lowest BCUT2D eigenvalue weighted by atomic mass is 10.0. The summed E-state index contributed by atoms with van der Waals surface area (Å²) in [6.07, 6.45) is 37.7. The Hall–Kier alpha value is -1.48. The van der Waals surface area contributed by atoms with Crippen molar-refractivity contribution in [3.8, 4) is 0 Å². The van der Waals surface area contributed by atoms with Crippen molar-refractivity contribution in [2.75, 3.05) is 5.75 Å². The molecule has 0 saturated heterocycles. The highest BCUT2D eigenvalue weighted by atomic mass is 32.2. The Morgan fingerprint density at radius 1 is 0.587 bits per heavy atom. The summed E-state index contributed by atoms with van der Waals surface area (Å²) < 4.78 is 32.4. The molecule has 0 bridgehead atoms. The number of carbonyl (C=O) groups excluding carboxylic acids is 1. The number of nitrogens with one attached hydrogen (secondary N) is 1. The summed E-state index contributed by atoms with van der Waals surface area (Å²) in [5, 5.41) is 23.3. The number of aliphatic hydroxyl groups excluding tert-OH is 2. The zero-order chi connectivity index (χ0) is 34.1. The SMILES string of the molecule is CCCCCCCCC/C=C/CC/C=C/CC/C=C/C(O)C(CS(=O)(=O)O)NC(=O)C(O)CCCCCCCCCCCCCC. The van der Waals surface area contributed by atoms with Crippen molar-refractivity contribution < 1.29 is 28.0 Å². The van der Waals surface area contributed by atoms with Gasteiger partial charge in [-0.1, -0.05) is 166 Å². The van der Waals surface area contributed by atoms with E-state index in [9.17, 15) is 28.0 Å². The van der Waals surface area contributed by atoms with E-state index in [1.54, 1.807) is 6.08 Å². The van der Waals surface area contributed by atoms with Gasteiger partial charge in [0.1, 0.15) is 6.10 Å². The first-order chi connectivity index (χ1) is 22.2. The highest BCUT2D eigenvalue weighted by Gasteiger charge is 2.27. The molecule has 0 radical (unpaired) electrons. The fourth-order valence-electron chi connectivity index (χ4n) is 5.49. The lowest BCUT2D eigenvalue weighted by molar-refractivity contribution is -0.130. The topological polar surface area (TPSA) is 124 Å². The van der Waals surface area contributed by atoms with Crippen molar-refractivity contribution in [3.63, 3.8) is 0 Å². The summed E-state index contributed by atoms with van der Waals surface area (Å²) in [5.41, 5.74) is 0. The van der Waals surface area contributed by atoms with Gasteiger partial charge < -0.3 is 15.5 Å². The van der Waals surface area contributed by atoms with Crippen LogP contribution in [-0.2, 0) is 14.9 Å². The Morgan fingerprint density at radius 2 is 0.978 bits per heavy atom. The minimum absolute atomic E-state index is 0.273. The van der Waals surface area contributed by atoms with E-state index in [1.165, 1.54) is 102 Å². The predicted octanol–water partition coefficient (Wildman–Crippen LogP) is 9.54. The molecule has 0 heterocycles. The standard InChI is InChI=1S/C38H71NO6S/c1-3-5-7-9-11-13-15-17-18-19-20-21-23-24-26-28-30-32-36(40)35(34-46(43,44)45)39-38(42)37(41)33-31-29-27-25-22-16-14-12-10-8-6-4-2/h18-19,23-24,30,32,35-37,40-41H,3-17,20-22,25-29,31,33-34H2,1-2H3,(H,39,42)(H,43,44,45)/b19-18+,24-23+,32-30+. The first-order valence-corrected chi connectivity index (χ1v) is 20.4. The van der Waals surface area contributed by atoms with Gasteiger partial charge in [-0.3, -0.25) is 9.35 Å². The molecule has 4 N–H and O–H groups in total. The minimum atomic E-state index is -4.45. The van der Waals surface area contributed by atoms with Crippen LogP contribution in [0.1, 0.15) is 174 Å². The van der Waals surface area contributed by atoms with Crippen molar-refractivity contribution in [3.05, 3.63) is 36.5 Å². The van der Waals surface area contributed by atoms with Gasteiger partial charge in [-0.25, -0.2) is 0 Å². The number of carbonyl (C=O) groups is 1. The van der Waals surface area contributed by atoms with Gasteiger partial charge in [0.05, 0.1) is 17.9 Å². The lowest BCUT2D eigenvalue weighted by Crippen LogP contribution is -2.50. The summed E-state index contributed by atoms with van der Waals surface area (Å²) in [6.45, 7) is 4.48. The number of aliphatic hydroxyl groups is 2. The molecule has 1 amide bonds. The number of hydrogen-bond donors (Lipinski definition) is 4. The van der Waals surface area contributed by atoms with Gasteiger partial charge in [-0.15, -0.1) is 0 Å². The third kappa shape index (κ3) is 31.1. The van der Waals surface area contributed by atoms with Crippen LogP contribution in [0.25, 0.3) is 0 Å². The van der Waals surface area contributed by atoms with E-state index in [2.05, 4.69) is 43.5 Å². The third-order valence-electron chi connectivity index (χ3n) is 8.40. The summed E-state index contributed by atoms with van der Waals surface area (Å²) in [4.78, 5) is 12.5. The highest BCUT2D eigenvalue weighted by Crippen LogP contribution is 2.14. The van der Waals surface area contributed by atoms with E-state index in [4.69, 9.17) is 0 Å². The Labute approximate surface area is 283 Å². The second kappa shape index (κ2) is 32.1. The lowest BCUT2D eigenvalue weighted by Gasteiger charge is -2.22. The average molecular weight is 670 g/mol. The molecule has 0 aromatic rings. The smallest absolute Gasteiger partial charge is 0.267 e. The molecule has 7 nitrogen and oxygen atoms in total. The maximum absolute atomic E-state index is 12.5. The maximum Gasteiger partial charge on any atom is 0.267 e. The molecule has 3 atom stereocenters. The van der Waals surface area contributed by atoms with Crippen molar-refractivity contribution in [2.45, 2.75) is 193 Å². The highest BCUT2D eigenvalue weighted by molar-refractivity contribution is 7.85. The molecule has 0 aliphatic rings. The second-order valence-corrected chi connectivity index (χ2v) is 14.5. The van der Waals surface area contributed by atoms with Gasteiger partial charge in [0.25, 0.3) is 10.1 Å². The molecular weight excluding hydrogens is 598 g/mol. The molecule has 270 valence electrons. The number of amides is 1. The van der Waals surface area contributed by atoms with Crippen LogP contribution in [0.4, 0.5) is 0 Å². The fourth-order valence-corrected chi connectivity index (χ4v) is 6.22. The second-order valence-electron chi connectivity index (χ2n) is 13.0. The fraction of sp³-hybridized carbons (Fsp3) is 0.816. The van der Waals surface area contributed by atoms with E-state index < -0.39 is 40.0 Å². The Morgan fingerprint density at radius 3 is 1.43 bits per heavy atom. The van der Waals surface area contributed by atoms with Crippen LogP contribution in [0.15, 0.2) is 36.5 Å². The maximum atomic E-state index is 12.5. The molecule has 0 aromatic carbocycles. The van der Waals surface area contributed by atoms with E-state index >= 15 is 0 Å². The summed E-state index contributed by atoms with van der Waals surface area (Å²) in [5.74, 6) is -1.56. The average Bonchev–Trinajstić information content (AvgIpc) is 3.01. The van der Waals surface area contributed by atoms with Gasteiger partial charge in [0.2, 0.25) is 5.91 Å². The molecule has 0 aliphatic heterocycles. The molecule has 0 spiro atoms. The first-order valence-electron chi connectivity index (χ1n) is 18.8. The summed E-state index contributed by atoms with van der Waals surface area (Å²) in [7, 11) is -4.45. The summed E-state index contributed by atoms with van der Waals surface area (Å²) in [6, 6.07) is -1.25. The largest absolute Gasteiger partial charge is 0.387 e. The molecule has 8 heteroatoms. The van der Waals surface area contributed by atoms with Crippen molar-refractivity contribution in [2.24, 2.45) is 0 Å². The molecular formula is C38H71NO6S. The van der Waals surface area contributed by atoms with Crippen LogP contribution in [0, 0.1) is 0 Å². The van der Waals surface area contributed by atoms with E-state index in [-0.39, 0.29) is 6.42 Å². The van der Waals surface area contributed by atoms with E-state index in [0.29, 0.717) is 12.8 Å². The Kier molecular flexibility index (Phi) is 31.1.